The predicted octanol–water partition coefficient (Wildman–Crippen LogP) is 7.00. The third-order valence-electron chi connectivity index (χ3n) is 4.18. The molecule has 0 fully saturated rings. The zero-order chi connectivity index (χ0) is 19.9. The fourth-order valence-electron chi connectivity index (χ4n) is 2.86. The van der Waals surface area contributed by atoms with Gasteiger partial charge in [0.2, 0.25) is 0 Å². The van der Waals surface area contributed by atoms with Crippen LogP contribution < -0.4 is 14.8 Å². The Hall–Kier alpha value is -2.17. The first-order valence-electron chi connectivity index (χ1n) is 9.18. The van der Waals surface area contributed by atoms with Crippen LogP contribution >= 0.6 is 27.5 Å². The average molecular weight is 461 g/mol. The molecule has 0 radical (unpaired) electrons. The second kappa shape index (κ2) is 9.85. The lowest BCUT2D eigenvalue weighted by molar-refractivity contribution is 0.269. The van der Waals surface area contributed by atoms with Crippen LogP contribution in [0.2, 0.25) is 5.02 Å². The fourth-order valence-corrected chi connectivity index (χ4v) is 3.41. The van der Waals surface area contributed by atoms with E-state index in [9.17, 15) is 0 Å². The normalized spacial score (nSPS) is 10.6. The molecule has 0 saturated heterocycles. The summed E-state index contributed by atoms with van der Waals surface area (Å²) in [7, 11) is 0. The van der Waals surface area contributed by atoms with Crippen molar-refractivity contribution in [3.63, 3.8) is 0 Å². The summed E-state index contributed by atoms with van der Waals surface area (Å²) in [5.74, 6) is 1.24. The Kier molecular flexibility index (Phi) is 7.24. The smallest absolute Gasteiger partial charge is 0.180 e. The lowest BCUT2D eigenvalue weighted by Crippen LogP contribution is -2.04. The molecule has 0 aromatic heterocycles. The maximum Gasteiger partial charge on any atom is 0.180 e. The molecule has 0 spiro atoms. The summed E-state index contributed by atoms with van der Waals surface area (Å²) in [6, 6.07) is 20.2. The van der Waals surface area contributed by atoms with Gasteiger partial charge in [-0.3, -0.25) is 0 Å². The van der Waals surface area contributed by atoms with Gasteiger partial charge in [0.15, 0.2) is 11.5 Å². The van der Waals surface area contributed by atoms with Crippen molar-refractivity contribution in [3.05, 3.63) is 86.8 Å². The Morgan fingerprint density at radius 2 is 1.75 bits per heavy atom. The highest BCUT2D eigenvalue weighted by atomic mass is 79.9. The van der Waals surface area contributed by atoms with E-state index < -0.39 is 0 Å². The van der Waals surface area contributed by atoms with Gasteiger partial charge >= 0.3 is 0 Å². The molecule has 28 heavy (non-hydrogen) atoms. The van der Waals surface area contributed by atoms with Gasteiger partial charge in [-0.2, -0.15) is 0 Å². The Morgan fingerprint density at radius 3 is 2.46 bits per heavy atom. The van der Waals surface area contributed by atoms with Crippen LogP contribution in [-0.4, -0.2) is 6.61 Å². The highest BCUT2D eigenvalue weighted by Gasteiger charge is 2.13. The molecule has 0 saturated carbocycles. The zero-order valence-corrected chi connectivity index (χ0v) is 18.3. The molecule has 0 unspecified atom stereocenters. The van der Waals surface area contributed by atoms with Gasteiger partial charge in [-0.1, -0.05) is 57.4 Å². The summed E-state index contributed by atoms with van der Waals surface area (Å²) in [5.41, 5.74) is 4.36. The van der Waals surface area contributed by atoms with E-state index in [1.165, 1.54) is 5.56 Å². The van der Waals surface area contributed by atoms with E-state index in [1.54, 1.807) is 0 Å². The van der Waals surface area contributed by atoms with Crippen molar-refractivity contribution in [2.24, 2.45) is 0 Å². The molecule has 0 aliphatic rings. The summed E-state index contributed by atoms with van der Waals surface area (Å²) in [6.07, 6.45) is 0. The Balaban J connectivity index is 1.74. The first-order chi connectivity index (χ1) is 13.5. The third kappa shape index (κ3) is 5.66. The maximum atomic E-state index is 6.53. The number of aryl methyl sites for hydroxylation is 1. The number of rotatable bonds is 8. The van der Waals surface area contributed by atoms with E-state index in [0.717, 1.165) is 21.3 Å². The summed E-state index contributed by atoms with van der Waals surface area (Å²) < 4.78 is 12.9. The molecule has 3 nitrogen and oxygen atoms in total. The van der Waals surface area contributed by atoms with E-state index >= 15 is 0 Å². The van der Waals surface area contributed by atoms with Gasteiger partial charge in [-0.25, -0.2) is 0 Å². The predicted molar refractivity (Wildman–Crippen MR) is 120 cm³/mol. The molecule has 3 aromatic rings. The largest absolute Gasteiger partial charge is 0.490 e. The molecular weight excluding hydrogens is 438 g/mol. The molecule has 3 aromatic carbocycles. The molecule has 0 heterocycles. The second-order valence-electron chi connectivity index (χ2n) is 6.48. The van der Waals surface area contributed by atoms with E-state index in [2.05, 4.69) is 40.3 Å². The van der Waals surface area contributed by atoms with Crippen molar-refractivity contribution < 1.29 is 9.47 Å². The Bertz CT molecular complexity index is 928. The van der Waals surface area contributed by atoms with Gasteiger partial charge in [-0.15, -0.1) is 0 Å². The molecule has 5 heteroatoms. The number of hydrogen-bond donors (Lipinski definition) is 1. The van der Waals surface area contributed by atoms with Crippen LogP contribution in [0.25, 0.3) is 0 Å². The minimum atomic E-state index is 0.442. The van der Waals surface area contributed by atoms with Gasteiger partial charge < -0.3 is 14.8 Å². The number of nitrogens with one attached hydrogen (secondary N) is 1. The molecule has 0 atom stereocenters. The SMILES string of the molecule is CCOc1cc(CNc2ccc(Br)cc2)cc(Cl)c1OCc1cccc(C)c1. The van der Waals surface area contributed by atoms with E-state index in [1.807, 2.05) is 55.5 Å². The van der Waals surface area contributed by atoms with Crippen LogP contribution in [0.1, 0.15) is 23.6 Å². The molecule has 3 rings (SSSR count). The Morgan fingerprint density at radius 1 is 0.964 bits per heavy atom. The molecule has 1 N–H and O–H groups in total. The summed E-state index contributed by atoms with van der Waals surface area (Å²) in [5, 5.41) is 3.94. The van der Waals surface area contributed by atoms with Crippen molar-refractivity contribution in [1.29, 1.82) is 0 Å². The lowest BCUT2D eigenvalue weighted by Gasteiger charge is -2.16. The maximum absolute atomic E-state index is 6.53. The first-order valence-corrected chi connectivity index (χ1v) is 10.3. The van der Waals surface area contributed by atoms with Crippen LogP contribution in [0, 0.1) is 6.92 Å². The summed E-state index contributed by atoms with van der Waals surface area (Å²) >= 11 is 9.98. The monoisotopic (exact) mass is 459 g/mol. The number of anilines is 1. The van der Waals surface area contributed by atoms with Gasteiger partial charge in [0.25, 0.3) is 0 Å². The van der Waals surface area contributed by atoms with Crippen molar-refractivity contribution in [3.8, 4) is 11.5 Å². The molecule has 0 bridgehead atoms. The first kappa shape index (κ1) is 20.6. The average Bonchev–Trinajstić information content (AvgIpc) is 2.67. The quantitative estimate of drug-likeness (QED) is 0.392. The molecular formula is C23H23BrClNO2. The van der Waals surface area contributed by atoms with Crippen molar-refractivity contribution in [2.45, 2.75) is 27.0 Å². The van der Waals surface area contributed by atoms with Crippen molar-refractivity contribution in [2.75, 3.05) is 11.9 Å². The highest BCUT2D eigenvalue weighted by Crippen LogP contribution is 2.37. The van der Waals surface area contributed by atoms with Crippen LogP contribution in [0.5, 0.6) is 11.5 Å². The van der Waals surface area contributed by atoms with Gasteiger partial charge in [0, 0.05) is 16.7 Å². The number of ether oxygens (including phenoxy) is 2. The Labute approximate surface area is 179 Å². The number of halogens is 2. The molecule has 146 valence electrons. The fraction of sp³-hybridized carbons (Fsp3) is 0.217. The lowest BCUT2D eigenvalue weighted by atomic mass is 10.1. The van der Waals surface area contributed by atoms with Crippen LogP contribution in [0.3, 0.4) is 0 Å². The second-order valence-corrected chi connectivity index (χ2v) is 7.80. The van der Waals surface area contributed by atoms with Crippen LogP contribution in [0.15, 0.2) is 65.1 Å². The summed E-state index contributed by atoms with van der Waals surface area (Å²) in [6.45, 7) is 5.64. The molecule has 0 aliphatic carbocycles. The van der Waals surface area contributed by atoms with Crippen molar-refractivity contribution in [1.82, 2.24) is 0 Å². The topological polar surface area (TPSA) is 30.5 Å². The van der Waals surface area contributed by atoms with E-state index in [-0.39, 0.29) is 0 Å². The van der Waals surface area contributed by atoms with Crippen LogP contribution in [-0.2, 0) is 13.2 Å². The molecule has 0 aliphatic heterocycles. The summed E-state index contributed by atoms with van der Waals surface area (Å²) in [4.78, 5) is 0. The number of benzene rings is 3. The standard InChI is InChI=1S/C23H23BrClNO2/c1-3-27-22-13-18(14-26-20-9-7-19(24)8-10-20)12-21(25)23(22)28-15-17-6-4-5-16(2)11-17/h4-13,26H,3,14-15H2,1-2H3. The minimum absolute atomic E-state index is 0.442. The van der Waals surface area contributed by atoms with Gasteiger partial charge in [0.1, 0.15) is 6.61 Å². The third-order valence-corrected chi connectivity index (χ3v) is 4.99. The minimum Gasteiger partial charge on any atom is -0.490 e. The van der Waals surface area contributed by atoms with Gasteiger partial charge in [-0.05, 0) is 61.4 Å². The van der Waals surface area contributed by atoms with E-state index in [4.69, 9.17) is 21.1 Å². The van der Waals surface area contributed by atoms with Gasteiger partial charge in [0.05, 0.1) is 11.6 Å². The highest BCUT2D eigenvalue weighted by molar-refractivity contribution is 9.10. The van der Waals surface area contributed by atoms with Crippen LogP contribution in [0.4, 0.5) is 5.69 Å². The number of hydrogen-bond acceptors (Lipinski definition) is 3. The zero-order valence-electron chi connectivity index (χ0n) is 16.0. The van der Waals surface area contributed by atoms with E-state index in [0.29, 0.717) is 36.3 Å². The molecule has 0 amide bonds. The van der Waals surface area contributed by atoms with Crippen molar-refractivity contribution >= 4 is 33.2 Å².